The van der Waals surface area contributed by atoms with Crippen LogP contribution in [0.15, 0.2) is 5.16 Å². The van der Waals surface area contributed by atoms with Gasteiger partial charge in [-0.1, -0.05) is 12.1 Å². The summed E-state index contributed by atoms with van der Waals surface area (Å²) in [6, 6.07) is -0.0880. The standard InChI is InChI=1S/C8H17N3O2/c1-3-4-8(12)10-6(2)5-7(9)11-13/h6,13H,3-5H2,1-2H3,(H2,9,11)(H,10,12). The van der Waals surface area contributed by atoms with E-state index in [1.807, 2.05) is 13.8 Å². The zero-order chi connectivity index (χ0) is 10.3. The van der Waals surface area contributed by atoms with Crippen LogP contribution in [0.4, 0.5) is 0 Å². The third-order valence-electron chi connectivity index (χ3n) is 1.53. The Kier molecular flexibility index (Phi) is 5.67. The van der Waals surface area contributed by atoms with Gasteiger partial charge in [0.2, 0.25) is 5.91 Å². The van der Waals surface area contributed by atoms with Crippen molar-refractivity contribution in [2.24, 2.45) is 10.9 Å². The summed E-state index contributed by atoms with van der Waals surface area (Å²) in [4.78, 5) is 11.1. The fourth-order valence-electron chi connectivity index (χ4n) is 0.980. The average Bonchev–Trinajstić information content (AvgIpc) is 2.04. The van der Waals surface area contributed by atoms with Crippen molar-refractivity contribution in [2.45, 2.75) is 39.2 Å². The van der Waals surface area contributed by atoms with Gasteiger partial charge in [0.1, 0.15) is 5.84 Å². The van der Waals surface area contributed by atoms with Gasteiger partial charge < -0.3 is 16.3 Å². The Morgan fingerprint density at radius 3 is 2.77 bits per heavy atom. The van der Waals surface area contributed by atoms with Crippen molar-refractivity contribution < 1.29 is 10.0 Å². The summed E-state index contributed by atoms with van der Waals surface area (Å²) in [6.07, 6.45) is 1.70. The van der Waals surface area contributed by atoms with Crippen LogP contribution >= 0.6 is 0 Å². The highest BCUT2D eigenvalue weighted by atomic mass is 16.4. The minimum atomic E-state index is -0.0880. The lowest BCUT2D eigenvalue weighted by Crippen LogP contribution is -2.35. The maximum atomic E-state index is 11.1. The van der Waals surface area contributed by atoms with Crippen molar-refractivity contribution in [3.63, 3.8) is 0 Å². The molecule has 76 valence electrons. The van der Waals surface area contributed by atoms with Gasteiger partial charge in [0.15, 0.2) is 0 Å². The van der Waals surface area contributed by atoms with E-state index in [1.54, 1.807) is 0 Å². The number of amidine groups is 1. The summed E-state index contributed by atoms with van der Waals surface area (Å²) in [7, 11) is 0. The molecule has 0 aromatic heterocycles. The summed E-state index contributed by atoms with van der Waals surface area (Å²) in [5.41, 5.74) is 5.27. The van der Waals surface area contributed by atoms with Crippen LogP contribution in [-0.4, -0.2) is 23.0 Å². The molecule has 13 heavy (non-hydrogen) atoms. The smallest absolute Gasteiger partial charge is 0.220 e. The molecule has 0 radical (unpaired) electrons. The van der Waals surface area contributed by atoms with Crippen LogP contribution in [0, 0.1) is 0 Å². The van der Waals surface area contributed by atoms with Crippen molar-refractivity contribution in [1.29, 1.82) is 0 Å². The van der Waals surface area contributed by atoms with Crippen LogP contribution in [-0.2, 0) is 4.79 Å². The third kappa shape index (κ3) is 5.95. The number of hydrogen-bond donors (Lipinski definition) is 3. The molecular weight excluding hydrogens is 170 g/mol. The number of nitrogens with zero attached hydrogens (tertiary/aromatic N) is 1. The van der Waals surface area contributed by atoms with E-state index in [2.05, 4.69) is 10.5 Å². The number of nitrogens with one attached hydrogen (secondary N) is 1. The predicted molar refractivity (Wildman–Crippen MR) is 50.5 cm³/mol. The van der Waals surface area contributed by atoms with Crippen LogP contribution in [0.3, 0.4) is 0 Å². The lowest BCUT2D eigenvalue weighted by molar-refractivity contribution is -0.121. The molecule has 0 aliphatic rings. The Bertz CT molecular complexity index is 192. The zero-order valence-electron chi connectivity index (χ0n) is 8.08. The van der Waals surface area contributed by atoms with Crippen molar-refractivity contribution in [2.75, 3.05) is 0 Å². The highest BCUT2D eigenvalue weighted by molar-refractivity contribution is 5.81. The molecule has 0 aliphatic carbocycles. The molecule has 1 unspecified atom stereocenters. The van der Waals surface area contributed by atoms with E-state index in [0.717, 1.165) is 6.42 Å². The number of carbonyl (C=O) groups is 1. The first kappa shape index (κ1) is 11.7. The number of nitrogens with two attached hydrogens (primary N) is 1. The predicted octanol–water partition coefficient (Wildman–Crippen LogP) is 0.428. The topological polar surface area (TPSA) is 87.7 Å². The van der Waals surface area contributed by atoms with E-state index in [4.69, 9.17) is 10.9 Å². The SMILES string of the molecule is CCCC(=O)NC(C)CC(N)=NO. The van der Waals surface area contributed by atoms with Crippen molar-refractivity contribution in [3.05, 3.63) is 0 Å². The fourth-order valence-corrected chi connectivity index (χ4v) is 0.980. The Hall–Kier alpha value is -1.26. The molecule has 0 heterocycles. The monoisotopic (exact) mass is 187 g/mol. The normalized spacial score (nSPS) is 13.8. The Labute approximate surface area is 78.0 Å². The second-order valence-corrected chi connectivity index (χ2v) is 3.01. The van der Waals surface area contributed by atoms with E-state index in [-0.39, 0.29) is 17.8 Å². The van der Waals surface area contributed by atoms with Gasteiger partial charge in [-0.15, -0.1) is 0 Å². The van der Waals surface area contributed by atoms with Gasteiger partial charge in [-0.25, -0.2) is 0 Å². The fraction of sp³-hybridized carbons (Fsp3) is 0.750. The number of carbonyl (C=O) groups excluding carboxylic acids is 1. The molecule has 0 aliphatic heterocycles. The van der Waals surface area contributed by atoms with Crippen LogP contribution < -0.4 is 11.1 Å². The molecule has 1 amide bonds. The van der Waals surface area contributed by atoms with Crippen LogP contribution in [0.1, 0.15) is 33.1 Å². The Balaban J connectivity index is 3.73. The minimum absolute atomic E-state index is 0.000685. The molecule has 5 heteroatoms. The highest BCUT2D eigenvalue weighted by Gasteiger charge is 2.07. The first-order valence-electron chi connectivity index (χ1n) is 4.35. The van der Waals surface area contributed by atoms with Gasteiger partial charge in [-0.2, -0.15) is 0 Å². The summed E-state index contributed by atoms with van der Waals surface area (Å²) < 4.78 is 0. The van der Waals surface area contributed by atoms with E-state index in [9.17, 15) is 4.79 Å². The minimum Gasteiger partial charge on any atom is -0.409 e. The van der Waals surface area contributed by atoms with Gasteiger partial charge in [0.25, 0.3) is 0 Å². The summed E-state index contributed by atoms with van der Waals surface area (Å²) in [5, 5.41) is 13.8. The quantitative estimate of drug-likeness (QED) is 0.252. The van der Waals surface area contributed by atoms with Crippen LogP contribution in [0.5, 0.6) is 0 Å². The van der Waals surface area contributed by atoms with E-state index in [0.29, 0.717) is 12.8 Å². The second kappa shape index (κ2) is 6.28. The molecule has 0 fully saturated rings. The van der Waals surface area contributed by atoms with Gasteiger partial charge in [-0.3, -0.25) is 4.79 Å². The first-order chi connectivity index (χ1) is 6.10. The summed E-state index contributed by atoms with van der Waals surface area (Å²) in [6.45, 7) is 3.75. The first-order valence-corrected chi connectivity index (χ1v) is 4.35. The Morgan fingerprint density at radius 1 is 1.69 bits per heavy atom. The lowest BCUT2D eigenvalue weighted by Gasteiger charge is -2.12. The van der Waals surface area contributed by atoms with E-state index in [1.165, 1.54) is 0 Å². The van der Waals surface area contributed by atoms with Gasteiger partial charge in [0, 0.05) is 18.9 Å². The molecule has 0 spiro atoms. The molecular formula is C8H17N3O2. The Morgan fingerprint density at radius 2 is 2.31 bits per heavy atom. The maximum Gasteiger partial charge on any atom is 0.220 e. The van der Waals surface area contributed by atoms with Gasteiger partial charge >= 0.3 is 0 Å². The molecule has 0 saturated carbocycles. The van der Waals surface area contributed by atoms with Crippen molar-refractivity contribution in [3.8, 4) is 0 Å². The third-order valence-corrected chi connectivity index (χ3v) is 1.53. The summed E-state index contributed by atoms with van der Waals surface area (Å²) in [5.74, 6) is 0.130. The molecule has 0 aromatic carbocycles. The molecule has 0 rings (SSSR count). The van der Waals surface area contributed by atoms with Gasteiger partial charge in [0.05, 0.1) is 0 Å². The van der Waals surface area contributed by atoms with E-state index < -0.39 is 0 Å². The molecule has 5 nitrogen and oxygen atoms in total. The lowest BCUT2D eigenvalue weighted by atomic mass is 10.2. The maximum absolute atomic E-state index is 11.1. The highest BCUT2D eigenvalue weighted by Crippen LogP contribution is 1.93. The average molecular weight is 187 g/mol. The number of amides is 1. The molecule has 0 saturated heterocycles. The molecule has 0 aromatic rings. The van der Waals surface area contributed by atoms with Crippen LogP contribution in [0.2, 0.25) is 0 Å². The number of rotatable bonds is 5. The number of oxime groups is 1. The second-order valence-electron chi connectivity index (χ2n) is 3.01. The van der Waals surface area contributed by atoms with E-state index >= 15 is 0 Å². The zero-order valence-corrected chi connectivity index (χ0v) is 8.08. The van der Waals surface area contributed by atoms with Crippen molar-refractivity contribution in [1.82, 2.24) is 5.32 Å². The summed E-state index contributed by atoms with van der Waals surface area (Å²) >= 11 is 0. The number of hydrogen-bond acceptors (Lipinski definition) is 3. The molecule has 4 N–H and O–H groups in total. The molecule has 0 bridgehead atoms. The van der Waals surface area contributed by atoms with Crippen molar-refractivity contribution >= 4 is 11.7 Å². The largest absolute Gasteiger partial charge is 0.409 e. The van der Waals surface area contributed by atoms with Gasteiger partial charge in [-0.05, 0) is 13.3 Å². The molecule has 1 atom stereocenters. The van der Waals surface area contributed by atoms with Crippen LogP contribution in [0.25, 0.3) is 0 Å².